The molecule has 0 aliphatic heterocycles. The highest BCUT2D eigenvalue weighted by molar-refractivity contribution is 5.76. The first-order valence-electron chi connectivity index (χ1n) is 6.56. The molecule has 5 heteroatoms. The summed E-state index contributed by atoms with van der Waals surface area (Å²) in [5.74, 6) is 1.25. The lowest BCUT2D eigenvalue weighted by Gasteiger charge is -2.12. The van der Waals surface area contributed by atoms with Crippen molar-refractivity contribution in [1.82, 2.24) is 9.78 Å². The van der Waals surface area contributed by atoms with Gasteiger partial charge in [-0.15, -0.1) is 0 Å². The van der Waals surface area contributed by atoms with Gasteiger partial charge in [-0.2, -0.15) is 5.10 Å². The van der Waals surface area contributed by atoms with Crippen LogP contribution in [0.15, 0.2) is 30.5 Å². The van der Waals surface area contributed by atoms with Crippen LogP contribution in [-0.2, 0) is 13.5 Å². The van der Waals surface area contributed by atoms with Crippen molar-refractivity contribution in [2.24, 2.45) is 7.05 Å². The van der Waals surface area contributed by atoms with Crippen LogP contribution in [0.4, 0.5) is 0 Å². The first-order valence-corrected chi connectivity index (χ1v) is 6.56. The SMILES string of the molecule is CCOc1cc(C=O)ccc1OCCc1ccnn1C. The Hall–Kier alpha value is -2.30. The predicted octanol–water partition coefficient (Wildman–Crippen LogP) is 2.25. The zero-order valence-corrected chi connectivity index (χ0v) is 11.7. The van der Waals surface area contributed by atoms with E-state index in [2.05, 4.69) is 5.10 Å². The largest absolute Gasteiger partial charge is 0.490 e. The van der Waals surface area contributed by atoms with Gasteiger partial charge in [-0.05, 0) is 31.2 Å². The smallest absolute Gasteiger partial charge is 0.161 e. The molecule has 0 unspecified atom stereocenters. The average Bonchev–Trinajstić information content (AvgIpc) is 2.86. The minimum Gasteiger partial charge on any atom is -0.490 e. The molecule has 5 nitrogen and oxygen atoms in total. The van der Waals surface area contributed by atoms with E-state index in [0.29, 0.717) is 30.3 Å². The molecule has 0 amide bonds. The number of aryl methyl sites for hydroxylation is 1. The Labute approximate surface area is 118 Å². The van der Waals surface area contributed by atoms with E-state index in [9.17, 15) is 4.79 Å². The molecule has 0 bridgehead atoms. The molecule has 106 valence electrons. The van der Waals surface area contributed by atoms with E-state index in [1.807, 2.05) is 24.7 Å². The van der Waals surface area contributed by atoms with Crippen LogP contribution in [0.25, 0.3) is 0 Å². The third-order valence-electron chi connectivity index (χ3n) is 2.94. The van der Waals surface area contributed by atoms with E-state index in [1.165, 1.54) is 0 Å². The van der Waals surface area contributed by atoms with E-state index in [0.717, 1.165) is 18.4 Å². The number of ether oxygens (including phenoxy) is 2. The zero-order valence-electron chi connectivity index (χ0n) is 11.7. The first-order chi connectivity index (χ1) is 9.74. The average molecular weight is 274 g/mol. The van der Waals surface area contributed by atoms with Crippen molar-refractivity contribution in [2.75, 3.05) is 13.2 Å². The van der Waals surface area contributed by atoms with Gasteiger partial charge < -0.3 is 9.47 Å². The fourth-order valence-corrected chi connectivity index (χ4v) is 1.90. The number of aldehydes is 1. The van der Waals surface area contributed by atoms with Gasteiger partial charge in [0.25, 0.3) is 0 Å². The predicted molar refractivity (Wildman–Crippen MR) is 75.4 cm³/mol. The molecule has 1 aromatic carbocycles. The fourth-order valence-electron chi connectivity index (χ4n) is 1.90. The number of carbonyl (C=O) groups is 1. The van der Waals surface area contributed by atoms with Gasteiger partial charge in [0.1, 0.15) is 6.29 Å². The summed E-state index contributed by atoms with van der Waals surface area (Å²) < 4.78 is 13.0. The number of nitrogens with zero attached hydrogens (tertiary/aromatic N) is 2. The second-order valence-electron chi connectivity index (χ2n) is 4.30. The maximum Gasteiger partial charge on any atom is 0.161 e. The third kappa shape index (κ3) is 3.38. The maximum absolute atomic E-state index is 10.8. The van der Waals surface area contributed by atoms with Crippen LogP contribution >= 0.6 is 0 Å². The number of aromatic nitrogens is 2. The van der Waals surface area contributed by atoms with Gasteiger partial charge in [-0.25, -0.2) is 0 Å². The molecule has 0 aliphatic rings. The number of benzene rings is 1. The summed E-state index contributed by atoms with van der Waals surface area (Å²) in [5.41, 5.74) is 1.68. The summed E-state index contributed by atoms with van der Waals surface area (Å²) in [4.78, 5) is 10.8. The molecule has 0 fully saturated rings. The summed E-state index contributed by atoms with van der Waals surface area (Å²) in [6.07, 6.45) is 3.32. The monoisotopic (exact) mass is 274 g/mol. The van der Waals surface area contributed by atoms with Gasteiger partial charge >= 0.3 is 0 Å². The molecule has 0 atom stereocenters. The highest BCUT2D eigenvalue weighted by Gasteiger charge is 2.07. The van der Waals surface area contributed by atoms with Crippen molar-refractivity contribution in [3.05, 3.63) is 41.7 Å². The molecule has 0 aliphatic carbocycles. The summed E-state index contributed by atoms with van der Waals surface area (Å²) in [7, 11) is 1.90. The molecule has 1 heterocycles. The molecule has 2 rings (SSSR count). The van der Waals surface area contributed by atoms with E-state index in [1.54, 1.807) is 24.4 Å². The summed E-state index contributed by atoms with van der Waals surface area (Å²) >= 11 is 0. The summed E-state index contributed by atoms with van der Waals surface area (Å²) in [5, 5.41) is 4.11. The Balaban J connectivity index is 2.01. The normalized spacial score (nSPS) is 10.3. The third-order valence-corrected chi connectivity index (χ3v) is 2.94. The Morgan fingerprint density at radius 2 is 2.10 bits per heavy atom. The number of hydrogen-bond acceptors (Lipinski definition) is 4. The minimum absolute atomic E-state index is 0.528. The second kappa shape index (κ2) is 6.75. The highest BCUT2D eigenvalue weighted by atomic mass is 16.5. The second-order valence-corrected chi connectivity index (χ2v) is 4.30. The quantitative estimate of drug-likeness (QED) is 0.727. The van der Waals surface area contributed by atoms with Crippen molar-refractivity contribution in [1.29, 1.82) is 0 Å². The van der Waals surface area contributed by atoms with Crippen LogP contribution in [0.2, 0.25) is 0 Å². The van der Waals surface area contributed by atoms with Crippen LogP contribution in [0.3, 0.4) is 0 Å². The molecule has 2 aromatic rings. The van der Waals surface area contributed by atoms with Gasteiger partial charge in [0, 0.05) is 30.9 Å². The summed E-state index contributed by atoms with van der Waals surface area (Å²) in [6, 6.07) is 7.13. The molecule has 0 saturated carbocycles. The van der Waals surface area contributed by atoms with Gasteiger partial charge in [0.2, 0.25) is 0 Å². The van der Waals surface area contributed by atoms with Crippen LogP contribution in [0.5, 0.6) is 11.5 Å². The lowest BCUT2D eigenvalue weighted by atomic mass is 10.2. The van der Waals surface area contributed by atoms with Crippen LogP contribution in [-0.4, -0.2) is 29.3 Å². The Kier molecular flexibility index (Phi) is 4.76. The Morgan fingerprint density at radius 3 is 2.75 bits per heavy atom. The van der Waals surface area contributed by atoms with Crippen molar-refractivity contribution in [3.63, 3.8) is 0 Å². The van der Waals surface area contributed by atoms with Crippen molar-refractivity contribution in [2.45, 2.75) is 13.3 Å². The van der Waals surface area contributed by atoms with E-state index >= 15 is 0 Å². The standard InChI is InChI=1S/C15H18N2O3/c1-3-19-15-10-12(11-18)4-5-14(15)20-9-7-13-6-8-16-17(13)2/h4-6,8,10-11H,3,7,9H2,1-2H3. The highest BCUT2D eigenvalue weighted by Crippen LogP contribution is 2.28. The summed E-state index contributed by atoms with van der Waals surface area (Å²) in [6.45, 7) is 2.95. The first kappa shape index (κ1) is 14.1. The minimum atomic E-state index is 0.528. The van der Waals surface area contributed by atoms with Gasteiger partial charge in [0.05, 0.1) is 13.2 Å². The van der Waals surface area contributed by atoms with Crippen LogP contribution in [0.1, 0.15) is 23.0 Å². The molecular formula is C15H18N2O3. The van der Waals surface area contributed by atoms with Gasteiger partial charge in [-0.3, -0.25) is 9.48 Å². The van der Waals surface area contributed by atoms with Crippen LogP contribution in [0, 0.1) is 0 Å². The fraction of sp³-hybridized carbons (Fsp3) is 0.333. The zero-order chi connectivity index (χ0) is 14.4. The van der Waals surface area contributed by atoms with Crippen molar-refractivity contribution in [3.8, 4) is 11.5 Å². The number of rotatable bonds is 7. The van der Waals surface area contributed by atoms with E-state index < -0.39 is 0 Å². The molecule has 0 N–H and O–H groups in total. The van der Waals surface area contributed by atoms with E-state index in [-0.39, 0.29) is 0 Å². The lowest BCUT2D eigenvalue weighted by Crippen LogP contribution is -2.07. The molecule has 20 heavy (non-hydrogen) atoms. The molecule has 0 spiro atoms. The molecule has 1 aromatic heterocycles. The Morgan fingerprint density at radius 1 is 1.25 bits per heavy atom. The van der Waals surface area contributed by atoms with Crippen molar-refractivity contribution >= 4 is 6.29 Å². The molecule has 0 saturated heterocycles. The number of hydrogen-bond donors (Lipinski definition) is 0. The van der Waals surface area contributed by atoms with Gasteiger partial charge in [-0.1, -0.05) is 0 Å². The molecule has 0 radical (unpaired) electrons. The number of carbonyl (C=O) groups excluding carboxylic acids is 1. The topological polar surface area (TPSA) is 53.4 Å². The van der Waals surface area contributed by atoms with Crippen molar-refractivity contribution < 1.29 is 14.3 Å². The van der Waals surface area contributed by atoms with Crippen LogP contribution < -0.4 is 9.47 Å². The maximum atomic E-state index is 10.8. The van der Waals surface area contributed by atoms with E-state index in [4.69, 9.17) is 9.47 Å². The Bertz CT molecular complexity index is 578. The van der Waals surface area contributed by atoms with Gasteiger partial charge in [0.15, 0.2) is 11.5 Å². The molecular weight excluding hydrogens is 256 g/mol. The lowest BCUT2D eigenvalue weighted by molar-refractivity contribution is 0.112.